The average molecular weight is 228 g/mol. The van der Waals surface area contributed by atoms with Gasteiger partial charge in [0, 0.05) is 12.4 Å². The summed E-state index contributed by atoms with van der Waals surface area (Å²) < 4.78 is 1.51. The second-order valence-electron chi connectivity index (χ2n) is 3.35. The number of aliphatic hydroxyl groups excluding tert-OH is 1. The quantitative estimate of drug-likeness (QED) is 0.667. The molecule has 0 saturated carbocycles. The highest BCUT2D eigenvalue weighted by Crippen LogP contribution is 2.12. The van der Waals surface area contributed by atoms with E-state index in [1.807, 2.05) is 0 Å². The lowest BCUT2D eigenvalue weighted by Gasteiger charge is -1.99. The fourth-order valence-electron chi connectivity index (χ4n) is 1.47. The van der Waals surface area contributed by atoms with E-state index >= 15 is 0 Å². The maximum Gasteiger partial charge on any atom is 0.222 e. The van der Waals surface area contributed by atoms with Crippen molar-refractivity contribution in [2.75, 3.05) is 0 Å². The van der Waals surface area contributed by atoms with E-state index in [0.717, 1.165) is 0 Å². The van der Waals surface area contributed by atoms with Gasteiger partial charge in [-0.2, -0.15) is 9.61 Å². The van der Waals surface area contributed by atoms with Crippen LogP contribution in [0.1, 0.15) is 5.69 Å². The number of nitrogens with zero attached hydrogens (tertiary/aromatic N) is 6. The van der Waals surface area contributed by atoms with Crippen molar-refractivity contribution in [3.8, 4) is 11.6 Å². The number of fused-ring (bicyclic) bond motifs is 1. The maximum atomic E-state index is 9.05. The van der Waals surface area contributed by atoms with Crippen molar-refractivity contribution in [3.05, 3.63) is 36.3 Å². The van der Waals surface area contributed by atoms with Crippen LogP contribution in [0.4, 0.5) is 0 Å². The molecule has 3 aromatic rings. The Bertz CT molecular complexity index is 650. The summed E-state index contributed by atoms with van der Waals surface area (Å²) in [6.45, 7) is -0.136. The molecule has 3 rings (SSSR count). The van der Waals surface area contributed by atoms with Gasteiger partial charge in [-0.3, -0.25) is 0 Å². The third kappa shape index (κ3) is 1.62. The molecule has 0 fully saturated rings. The van der Waals surface area contributed by atoms with E-state index in [1.165, 1.54) is 4.52 Å². The van der Waals surface area contributed by atoms with Gasteiger partial charge in [-0.1, -0.05) is 0 Å². The van der Waals surface area contributed by atoms with Gasteiger partial charge in [0.25, 0.3) is 0 Å². The van der Waals surface area contributed by atoms with Gasteiger partial charge >= 0.3 is 0 Å². The van der Waals surface area contributed by atoms with Crippen LogP contribution in [0.2, 0.25) is 0 Å². The molecule has 0 aliphatic carbocycles. The Morgan fingerprint density at radius 2 is 1.94 bits per heavy atom. The van der Waals surface area contributed by atoms with Gasteiger partial charge in [0.2, 0.25) is 5.82 Å². The molecule has 0 atom stereocenters. The molecule has 17 heavy (non-hydrogen) atoms. The monoisotopic (exact) mass is 228 g/mol. The highest BCUT2D eigenvalue weighted by atomic mass is 16.3. The first kappa shape index (κ1) is 9.79. The van der Waals surface area contributed by atoms with Crippen molar-refractivity contribution >= 4 is 5.65 Å². The molecule has 1 N–H and O–H groups in total. The SMILES string of the molecule is OCc1ccc2nnc(-c3ncccn3)n2n1. The Morgan fingerprint density at radius 1 is 1.12 bits per heavy atom. The highest BCUT2D eigenvalue weighted by Gasteiger charge is 2.11. The van der Waals surface area contributed by atoms with Crippen LogP contribution in [-0.2, 0) is 6.61 Å². The lowest BCUT2D eigenvalue weighted by molar-refractivity contribution is 0.275. The van der Waals surface area contributed by atoms with E-state index in [4.69, 9.17) is 5.11 Å². The second kappa shape index (κ2) is 3.87. The summed E-state index contributed by atoms with van der Waals surface area (Å²) >= 11 is 0. The predicted molar refractivity (Wildman–Crippen MR) is 57.7 cm³/mol. The van der Waals surface area contributed by atoms with Crippen molar-refractivity contribution in [2.24, 2.45) is 0 Å². The molecule has 7 nitrogen and oxygen atoms in total. The molecule has 7 heteroatoms. The van der Waals surface area contributed by atoms with Crippen molar-refractivity contribution < 1.29 is 5.11 Å². The third-order valence-corrected chi connectivity index (χ3v) is 2.25. The van der Waals surface area contributed by atoms with Crippen LogP contribution in [0.3, 0.4) is 0 Å². The molecule has 0 spiro atoms. The summed E-state index contributed by atoms with van der Waals surface area (Å²) in [5, 5.41) is 21.2. The van der Waals surface area contributed by atoms with E-state index in [1.54, 1.807) is 30.6 Å². The van der Waals surface area contributed by atoms with Crippen LogP contribution in [0, 0.1) is 0 Å². The molecule has 0 bridgehead atoms. The second-order valence-corrected chi connectivity index (χ2v) is 3.35. The molecule has 84 valence electrons. The number of hydrogen-bond acceptors (Lipinski definition) is 6. The summed E-state index contributed by atoms with van der Waals surface area (Å²) in [5.74, 6) is 0.901. The van der Waals surface area contributed by atoms with E-state index in [-0.39, 0.29) is 6.61 Å². The zero-order valence-electron chi connectivity index (χ0n) is 8.72. The van der Waals surface area contributed by atoms with E-state index in [0.29, 0.717) is 23.0 Å². The van der Waals surface area contributed by atoms with Gasteiger partial charge in [0.05, 0.1) is 12.3 Å². The summed E-state index contributed by atoms with van der Waals surface area (Å²) in [7, 11) is 0. The normalized spacial score (nSPS) is 10.9. The first-order valence-electron chi connectivity index (χ1n) is 4.98. The van der Waals surface area contributed by atoms with Crippen LogP contribution in [0.25, 0.3) is 17.3 Å². The molecule has 0 aliphatic heterocycles. The highest BCUT2D eigenvalue weighted by molar-refractivity contribution is 5.50. The van der Waals surface area contributed by atoms with E-state index < -0.39 is 0 Å². The third-order valence-electron chi connectivity index (χ3n) is 2.25. The molecular weight excluding hydrogens is 220 g/mol. The Kier molecular flexibility index (Phi) is 2.23. The number of hydrogen-bond donors (Lipinski definition) is 1. The van der Waals surface area contributed by atoms with Gasteiger partial charge in [0.1, 0.15) is 0 Å². The summed E-state index contributed by atoms with van der Waals surface area (Å²) in [6.07, 6.45) is 3.25. The van der Waals surface area contributed by atoms with Crippen LogP contribution in [0.15, 0.2) is 30.6 Å². The minimum atomic E-state index is -0.136. The number of aliphatic hydroxyl groups is 1. The fourth-order valence-corrected chi connectivity index (χ4v) is 1.47. The predicted octanol–water partition coefficient (Wildman–Crippen LogP) is 0.0736. The Hall–Kier alpha value is -2.41. The van der Waals surface area contributed by atoms with Crippen molar-refractivity contribution in [3.63, 3.8) is 0 Å². The fraction of sp³-hybridized carbons (Fsp3) is 0.100. The van der Waals surface area contributed by atoms with Crippen LogP contribution >= 0.6 is 0 Å². The Labute approximate surface area is 95.8 Å². The number of rotatable bonds is 2. The van der Waals surface area contributed by atoms with Crippen LogP contribution in [-0.4, -0.2) is 34.9 Å². The lowest BCUT2D eigenvalue weighted by atomic mass is 10.4. The van der Waals surface area contributed by atoms with E-state index in [9.17, 15) is 0 Å². The Balaban J connectivity index is 2.23. The number of aromatic nitrogens is 6. The zero-order valence-corrected chi connectivity index (χ0v) is 8.72. The van der Waals surface area contributed by atoms with Gasteiger partial charge in [0.15, 0.2) is 11.5 Å². The minimum absolute atomic E-state index is 0.136. The van der Waals surface area contributed by atoms with Gasteiger partial charge in [-0.25, -0.2) is 9.97 Å². The first-order valence-corrected chi connectivity index (χ1v) is 4.98. The molecule has 0 radical (unpaired) electrons. The van der Waals surface area contributed by atoms with Gasteiger partial charge in [-0.15, -0.1) is 10.2 Å². The van der Waals surface area contributed by atoms with Crippen molar-refractivity contribution in [1.29, 1.82) is 0 Å². The largest absolute Gasteiger partial charge is 0.390 e. The average Bonchev–Trinajstić information content (AvgIpc) is 2.82. The molecular formula is C10H8N6O. The Morgan fingerprint density at radius 3 is 2.71 bits per heavy atom. The van der Waals surface area contributed by atoms with Crippen molar-refractivity contribution in [2.45, 2.75) is 6.61 Å². The van der Waals surface area contributed by atoms with Crippen LogP contribution in [0.5, 0.6) is 0 Å². The van der Waals surface area contributed by atoms with Crippen molar-refractivity contribution in [1.82, 2.24) is 29.8 Å². The summed E-state index contributed by atoms with van der Waals surface area (Å²) in [4.78, 5) is 8.18. The standard InChI is InChI=1S/C10H8N6O/c17-6-7-2-3-8-13-14-10(16(8)15-7)9-11-4-1-5-12-9/h1-5,17H,6H2. The molecule has 0 unspecified atom stereocenters. The molecule has 0 amide bonds. The molecule has 3 aromatic heterocycles. The lowest BCUT2D eigenvalue weighted by Crippen LogP contribution is -2.01. The minimum Gasteiger partial charge on any atom is -0.390 e. The molecule has 0 aliphatic rings. The van der Waals surface area contributed by atoms with Gasteiger partial charge in [-0.05, 0) is 18.2 Å². The zero-order chi connectivity index (χ0) is 11.7. The summed E-state index contributed by atoms with van der Waals surface area (Å²) in [5.41, 5.74) is 1.12. The maximum absolute atomic E-state index is 9.05. The van der Waals surface area contributed by atoms with Crippen LogP contribution < -0.4 is 0 Å². The van der Waals surface area contributed by atoms with E-state index in [2.05, 4.69) is 25.3 Å². The first-order chi connectivity index (χ1) is 8.38. The molecule has 0 saturated heterocycles. The summed E-state index contributed by atoms with van der Waals surface area (Å²) in [6, 6.07) is 5.15. The molecule has 0 aromatic carbocycles. The van der Waals surface area contributed by atoms with Gasteiger partial charge < -0.3 is 5.11 Å². The molecule has 3 heterocycles. The topological polar surface area (TPSA) is 89.1 Å². The smallest absolute Gasteiger partial charge is 0.222 e.